The molecule has 4 heteroatoms. The summed E-state index contributed by atoms with van der Waals surface area (Å²) in [6.07, 6.45) is 2.30. The SMILES string of the molecule is CC(CC(=O)[C@@H]1CCCN1C)N=O. The quantitative estimate of drug-likeness (QED) is 0.617. The highest BCUT2D eigenvalue weighted by atomic mass is 16.3. The second-order valence-corrected chi connectivity index (χ2v) is 3.76. The minimum atomic E-state index is -0.374. The lowest BCUT2D eigenvalue weighted by Gasteiger charge is -2.18. The first-order chi connectivity index (χ1) is 6.15. The maximum Gasteiger partial charge on any atom is 0.152 e. The number of carbonyl (C=O) groups is 1. The van der Waals surface area contributed by atoms with Crippen molar-refractivity contribution in [1.82, 2.24) is 4.90 Å². The van der Waals surface area contributed by atoms with Crippen molar-refractivity contribution in [2.75, 3.05) is 13.6 Å². The molecule has 0 spiro atoms. The molecule has 4 nitrogen and oxygen atoms in total. The Bertz CT molecular complexity index is 206. The van der Waals surface area contributed by atoms with Gasteiger partial charge in [0.25, 0.3) is 0 Å². The van der Waals surface area contributed by atoms with Crippen LogP contribution in [0.3, 0.4) is 0 Å². The third kappa shape index (κ3) is 2.59. The Morgan fingerprint density at radius 1 is 1.69 bits per heavy atom. The highest BCUT2D eigenvalue weighted by Crippen LogP contribution is 2.17. The molecule has 0 aromatic heterocycles. The van der Waals surface area contributed by atoms with Gasteiger partial charge in [0.2, 0.25) is 0 Å². The number of nitrogens with zero attached hydrogens (tertiary/aromatic N) is 2. The summed E-state index contributed by atoms with van der Waals surface area (Å²) in [7, 11) is 1.95. The van der Waals surface area contributed by atoms with Crippen LogP contribution in [-0.2, 0) is 4.79 Å². The predicted molar refractivity (Wildman–Crippen MR) is 50.5 cm³/mol. The van der Waals surface area contributed by atoms with Gasteiger partial charge in [-0.05, 0) is 33.4 Å². The first-order valence-electron chi connectivity index (χ1n) is 4.70. The summed E-state index contributed by atoms with van der Waals surface area (Å²) in [4.78, 5) is 23.8. The van der Waals surface area contributed by atoms with Crippen molar-refractivity contribution in [1.29, 1.82) is 0 Å². The minimum Gasteiger partial charge on any atom is -0.298 e. The van der Waals surface area contributed by atoms with Gasteiger partial charge in [-0.1, -0.05) is 5.18 Å². The Morgan fingerprint density at radius 2 is 2.38 bits per heavy atom. The predicted octanol–water partition coefficient (Wildman–Crippen LogP) is 1.19. The first-order valence-corrected chi connectivity index (χ1v) is 4.70. The molecule has 0 amide bonds. The van der Waals surface area contributed by atoms with Crippen LogP contribution in [0, 0.1) is 4.91 Å². The maximum absolute atomic E-state index is 11.6. The summed E-state index contributed by atoms with van der Waals surface area (Å²) >= 11 is 0. The highest BCUT2D eigenvalue weighted by molar-refractivity contribution is 5.84. The zero-order valence-electron chi connectivity index (χ0n) is 8.19. The van der Waals surface area contributed by atoms with Gasteiger partial charge in [0.05, 0.1) is 12.1 Å². The van der Waals surface area contributed by atoms with Crippen LogP contribution in [0.4, 0.5) is 0 Å². The van der Waals surface area contributed by atoms with Crippen LogP contribution in [0.2, 0.25) is 0 Å². The van der Waals surface area contributed by atoms with Crippen LogP contribution in [0.15, 0.2) is 5.18 Å². The zero-order chi connectivity index (χ0) is 9.84. The molecule has 1 aliphatic rings. The molecule has 0 aromatic rings. The Hall–Kier alpha value is -0.770. The topological polar surface area (TPSA) is 49.7 Å². The molecular formula is C9H16N2O2. The fourth-order valence-corrected chi connectivity index (χ4v) is 1.78. The lowest BCUT2D eigenvalue weighted by atomic mass is 10.0. The average Bonchev–Trinajstić information content (AvgIpc) is 2.51. The Labute approximate surface area is 78.3 Å². The van der Waals surface area contributed by atoms with Gasteiger partial charge in [0, 0.05) is 6.42 Å². The second-order valence-electron chi connectivity index (χ2n) is 3.76. The van der Waals surface area contributed by atoms with Gasteiger partial charge in [-0.25, -0.2) is 0 Å². The average molecular weight is 184 g/mol. The van der Waals surface area contributed by atoms with E-state index >= 15 is 0 Å². The summed E-state index contributed by atoms with van der Waals surface area (Å²) < 4.78 is 0. The molecule has 0 saturated carbocycles. The second kappa shape index (κ2) is 4.46. The van der Waals surface area contributed by atoms with Gasteiger partial charge < -0.3 is 0 Å². The van der Waals surface area contributed by atoms with Gasteiger partial charge in [-0.2, -0.15) is 4.91 Å². The van der Waals surface area contributed by atoms with E-state index in [4.69, 9.17) is 0 Å². The molecule has 0 aromatic carbocycles. The number of likely N-dealkylation sites (tertiary alicyclic amines) is 1. The fourth-order valence-electron chi connectivity index (χ4n) is 1.78. The van der Waals surface area contributed by atoms with Crippen LogP contribution in [0.25, 0.3) is 0 Å². The molecule has 1 heterocycles. The molecule has 2 atom stereocenters. The van der Waals surface area contributed by atoms with E-state index in [1.54, 1.807) is 6.92 Å². The number of ketones is 1. The van der Waals surface area contributed by atoms with Crippen LogP contribution < -0.4 is 0 Å². The van der Waals surface area contributed by atoms with E-state index in [0.717, 1.165) is 19.4 Å². The lowest BCUT2D eigenvalue weighted by molar-refractivity contribution is -0.123. The van der Waals surface area contributed by atoms with Crippen molar-refractivity contribution in [2.24, 2.45) is 5.18 Å². The Balaban J connectivity index is 2.42. The highest BCUT2D eigenvalue weighted by Gasteiger charge is 2.28. The minimum absolute atomic E-state index is 0.0317. The number of nitroso groups, excluding NO2 is 1. The number of carbonyl (C=O) groups excluding carboxylic acids is 1. The molecule has 0 bridgehead atoms. The number of likely N-dealkylation sites (N-methyl/N-ethyl adjacent to an activating group) is 1. The van der Waals surface area contributed by atoms with Crippen molar-refractivity contribution in [2.45, 2.75) is 38.3 Å². The molecule has 0 aliphatic carbocycles. The number of hydrogen-bond donors (Lipinski definition) is 0. The molecule has 1 rings (SSSR count). The van der Waals surface area contributed by atoms with Gasteiger partial charge in [-0.15, -0.1) is 0 Å². The Kier molecular flexibility index (Phi) is 3.54. The van der Waals surface area contributed by atoms with E-state index in [2.05, 4.69) is 10.1 Å². The summed E-state index contributed by atoms with van der Waals surface area (Å²) in [5.74, 6) is 0.159. The van der Waals surface area contributed by atoms with Crippen molar-refractivity contribution in [3.63, 3.8) is 0 Å². The largest absolute Gasteiger partial charge is 0.298 e. The molecule has 1 unspecified atom stereocenters. The summed E-state index contributed by atoms with van der Waals surface area (Å²) in [5, 5.41) is 2.84. The van der Waals surface area contributed by atoms with Gasteiger partial charge in [0.15, 0.2) is 5.78 Å². The van der Waals surface area contributed by atoms with E-state index in [1.807, 2.05) is 7.05 Å². The van der Waals surface area contributed by atoms with E-state index in [1.165, 1.54) is 0 Å². The summed E-state index contributed by atoms with van der Waals surface area (Å²) in [6.45, 7) is 2.67. The van der Waals surface area contributed by atoms with Gasteiger partial charge >= 0.3 is 0 Å². The third-order valence-corrected chi connectivity index (χ3v) is 2.57. The third-order valence-electron chi connectivity index (χ3n) is 2.57. The van der Waals surface area contributed by atoms with E-state index in [9.17, 15) is 9.70 Å². The first kappa shape index (κ1) is 10.3. The van der Waals surface area contributed by atoms with Crippen LogP contribution in [0.1, 0.15) is 26.2 Å². The van der Waals surface area contributed by atoms with Gasteiger partial charge in [0.1, 0.15) is 0 Å². The van der Waals surface area contributed by atoms with Gasteiger partial charge in [-0.3, -0.25) is 9.69 Å². The zero-order valence-corrected chi connectivity index (χ0v) is 8.19. The van der Waals surface area contributed by atoms with Crippen molar-refractivity contribution in [3.05, 3.63) is 4.91 Å². The summed E-state index contributed by atoms with van der Waals surface area (Å²) in [5.41, 5.74) is 0. The van der Waals surface area contributed by atoms with E-state index in [0.29, 0.717) is 6.42 Å². The molecule has 0 N–H and O–H groups in total. The fraction of sp³-hybridized carbons (Fsp3) is 0.889. The van der Waals surface area contributed by atoms with Crippen molar-refractivity contribution >= 4 is 5.78 Å². The van der Waals surface area contributed by atoms with Crippen LogP contribution in [-0.4, -0.2) is 36.4 Å². The molecule has 13 heavy (non-hydrogen) atoms. The molecule has 74 valence electrons. The monoisotopic (exact) mass is 184 g/mol. The molecule has 1 fully saturated rings. The smallest absolute Gasteiger partial charge is 0.152 e. The van der Waals surface area contributed by atoms with Crippen LogP contribution in [0.5, 0.6) is 0 Å². The van der Waals surface area contributed by atoms with Crippen molar-refractivity contribution in [3.8, 4) is 0 Å². The number of rotatable bonds is 4. The molecule has 0 radical (unpaired) electrons. The normalized spacial score (nSPS) is 25.8. The molecular weight excluding hydrogens is 168 g/mol. The molecule has 1 saturated heterocycles. The maximum atomic E-state index is 11.6. The number of hydrogen-bond acceptors (Lipinski definition) is 4. The number of Topliss-reactive ketones (excluding diaryl/α,β-unsaturated/α-hetero) is 1. The summed E-state index contributed by atoms with van der Waals surface area (Å²) in [6, 6.07) is -0.342. The van der Waals surface area contributed by atoms with Crippen LogP contribution >= 0.6 is 0 Å². The Morgan fingerprint density at radius 3 is 2.85 bits per heavy atom. The standard InChI is InChI=1S/C9H16N2O2/c1-7(10-13)6-9(12)8-4-3-5-11(8)2/h7-8H,3-6H2,1-2H3/t7?,8-/m0/s1. The van der Waals surface area contributed by atoms with Crippen molar-refractivity contribution < 1.29 is 4.79 Å². The van der Waals surface area contributed by atoms with E-state index < -0.39 is 0 Å². The lowest BCUT2D eigenvalue weighted by Crippen LogP contribution is -2.34. The molecule has 1 aliphatic heterocycles. The van der Waals surface area contributed by atoms with E-state index in [-0.39, 0.29) is 17.9 Å².